The lowest BCUT2D eigenvalue weighted by Gasteiger charge is -2.06. The quantitative estimate of drug-likeness (QED) is 0.902. The Hall–Kier alpha value is -2.10. The van der Waals surface area contributed by atoms with Crippen LogP contribution in [-0.2, 0) is 4.79 Å². The molecule has 0 aliphatic rings. The summed E-state index contributed by atoms with van der Waals surface area (Å²) in [5, 5.41) is 7.50. The second kappa shape index (κ2) is 6.37. The minimum absolute atomic E-state index is 0.0608. The summed E-state index contributed by atoms with van der Waals surface area (Å²) >= 11 is 0. The minimum atomic E-state index is 0.0608. The van der Waals surface area contributed by atoms with Gasteiger partial charge in [0.05, 0.1) is 22.8 Å². The fourth-order valence-corrected chi connectivity index (χ4v) is 2.18. The van der Waals surface area contributed by atoms with E-state index in [0.29, 0.717) is 6.42 Å². The van der Waals surface area contributed by atoms with Crippen LogP contribution >= 0.6 is 0 Å². The number of aromatic nitrogens is 2. The lowest BCUT2D eigenvalue weighted by molar-refractivity contribution is -0.116. The Labute approximate surface area is 119 Å². The van der Waals surface area contributed by atoms with Gasteiger partial charge in [-0.25, -0.2) is 4.68 Å². The summed E-state index contributed by atoms with van der Waals surface area (Å²) in [6.45, 7) is 5.97. The topological polar surface area (TPSA) is 46.9 Å². The van der Waals surface area contributed by atoms with Crippen molar-refractivity contribution >= 4 is 11.6 Å². The summed E-state index contributed by atoms with van der Waals surface area (Å²) in [6.07, 6.45) is 2.50. The van der Waals surface area contributed by atoms with Crippen LogP contribution in [0.2, 0.25) is 0 Å². The number of nitrogens with zero attached hydrogens (tertiary/aromatic N) is 2. The highest BCUT2D eigenvalue weighted by Gasteiger charge is 2.14. The summed E-state index contributed by atoms with van der Waals surface area (Å²) < 4.78 is 1.87. The van der Waals surface area contributed by atoms with Gasteiger partial charge in [-0.1, -0.05) is 31.5 Å². The van der Waals surface area contributed by atoms with E-state index < -0.39 is 0 Å². The van der Waals surface area contributed by atoms with E-state index in [1.807, 2.05) is 48.9 Å². The molecule has 1 amide bonds. The first-order chi connectivity index (χ1) is 9.63. The number of benzene rings is 1. The van der Waals surface area contributed by atoms with Crippen LogP contribution in [0, 0.1) is 13.8 Å². The molecule has 0 aliphatic carbocycles. The lowest BCUT2D eigenvalue weighted by atomic mass is 10.2. The molecule has 2 aromatic rings. The van der Waals surface area contributed by atoms with Crippen LogP contribution in [0.25, 0.3) is 5.69 Å². The number of hydrogen-bond acceptors (Lipinski definition) is 2. The third kappa shape index (κ3) is 3.07. The zero-order valence-corrected chi connectivity index (χ0v) is 12.3. The molecule has 0 fully saturated rings. The van der Waals surface area contributed by atoms with Gasteiger partial charge >= 0.3 is 0 Å². The van der Waals surface area contributed by atoms with Gasteiger partial charge in [-0.15, -0.1) is 0 Å². The standard InChI is InChI=1S/C16H21N3O/c1-4-5-11-15(20)17-16-12(2)18-19(13(16)3)14-9-7-6-8-10-14/h6-10H,4-5,11H2,1-3H3,(H,17,20). The first kappa shape index (κ1) is 14.3. The Morgan fingerprint density at radius 1 is 1.25 bits per heavy atom. The molecule has 0 radical (unpaired) electrons. The molecule has 0 bridgehead atoms. The van der Waals surface area contributed by atoms with E-state index in [4.69, 9.17) is 0 Å². The van der Waals surface area contributed by atoms with Gasteiger partial charge < -0.3 is 5.32 Å². The molecule has 0 saturated carbocycles. The molecule has 0 unspecified atom stereocenters. The molecule has 0 saturated heterocycles. The number of amides is 1. The molecule has 1 N–H and O–H groups in total. The van der Waals surface area contributed by atoms with Crippen molar-refractivity contribution in [3.63, 3.8) is 0 Å². The molecule has 4 nitrogen and oxygen atoms in total. The summed E-state index contributed by atoms with van der Waals surface area (Å²) in [5.74, 6) is 0.0608. The second-order valence-electron chi connectivity index (χ2n) is 4.94. The number of anilines is 1. The average molecular weight is 271 g/mol. The zero-order chi connectivity index (χ0) is 14.5. The monoisotopic (exact) mass is 271 g/mol. The number of nitrogens with one attached hydrogen (secondary N) is 1. The second-order valence-corrected chi connectivity index (χ2v) is 4.94. The van der Waals surface area contributed by atoms with Gasteiger partial charge in [0.2, 0.25) is 5.91 Å². The van der Waals surface area contributed by atoms with Crippen LogP contribution in [-0.4, -0.2) is 15.7 Å². The first-order valence-corrected chi connectivity index (χ1v) is 7.05. The zero-order valence-electron chi connectivity index (χ0n) is 12.3. The molecule has 1 aromatic heterocycles. The van der Waals surface area contributed by atoms with Gasteiger partial charge in [0, 0.05) is 6.42 Å². The number of para-hydroxylation sites is 1. The van der Waals surface area contributed by atoms with E-state index in [1.165, 1.54) is 0 Å². The van der Waals surface area contributed by atoms with Gasteiger partial charge in [0.25, 0.3) is 0 Å². The van der Waals surface area contributed by atoms with Crippen LogP contribution in [0.1, 0.15) is 37.6 Å². The largest absolute Gasteiger partial charge is 0.323 e. The molecule has 0 spiro atoms. The minimum Gasteiger partial charge on any atom is -0.323 e. The maximum absolute atomic E-state index is 11.9. The van der Waals surface area contributed by atoms with Crippen LogP contribution in [0.3, 0.4) is 0 Å². The number of aryl methyl sites for hydroxylation is 1. The molecule has 20 heavy (non-hydrogen) atoms. The maximum atomic E-state index is 11.9. The van der Waals surface area contributed by atoms with E-state index in [-0.39, 0.29) is 5.91 Å². The fraction of sp³-hybridized carbons (Fsp3) is 0.375. The highest BCUT2D eigenvalue weighted by molar-refractivity contribution is 5.91. The summed E-state index contributed by atoms with van der Waals surface area (Å²) in [4.78, 5) is 11.9. The fourth-order valence-electron chi connectivity index (χ4n) is 2.18. The van der Waals surface area contributed by atoms with Crippen LogP contribution in [0.5, 0.6) is 0 Å². The third-order valence-corrected chi connectivity index (χ3v) is 3.31. The van der Waals surface area contributed by atoms with Gasteiger partial charge in [0.1, 0.15) is 0 Å². The van der Waals surface area contributed by atoms with Crippen molar-refractivity contribution < 1.29 is 4.79 Å². The van der Waals surface area contributed by atoms with E-state index >= 15 is 0 Å². The van der Waals surface area contributed by atoms with E-state index in [2.05, 4.69) is 17.3 Å². The average Bonchev–Trinajstić information content (AvgIpc) is 2.74. The Balaban J connectivity index is 2.23. The molecule has 2 rings (SSSR count). The Kier molecular flexibility index (Phi) is 4.56. The van der Waals surface area contributed by atoms with Gasteiger partial charge in [-0.05, 0) is 32.4 Å². The van der Waals surface area contributed by atoms with Crippen molar-refractivity contribution in [2.45, 2.75) is 40.0 Å². The van der Waals surface area contributed by atoms with Crippen molar-refractivity contribution in [3.8, 4) is 5.69 Å². The Morgan fingerprint density at radius 3 is 2.60 bits per heavy atom. The van der Waals surface area contributed by atoms with E-state index in [9.17, 15) is 4.79 Å². The van der Waals surface area contributed by atoms with Crippen molar-refractivity contribution in [1.82, 2.24) is 9.78 Å². The molecular weight excluding hydrogens is 250 g/mol. The van der Waals surface area contributed by atoms with E-state index in [0.717, 1.165) is 35.6 Å². The Morgan fingerprint density at radius 2 is 1.95 bits per heavy atom. The van der Waals surface area contributed by atoms with Gasteiger partial charge in [-0.3, -0.25) is 4.79 Å². The lowest BCUT2D eigenvalue weighted by Crippen LogP contribution is -2.12. The SMILES string of the molecule is CCCCC(=O)Nc1c(C)nn(-c2ccccc2)c1C. The molecule has 0 atom stereocenters. The van der Waals surface area contributed by atoms with Gasteiger partial charge in [-0.2, -0.15) is 5.10 Å². The predicted molar refractivity (Wildman–Crippen MR) is 81.2 cm³/mol. The van der Waals surface area contributed by atoms with Crippen LogP contribution < -0.4 is 5.32 Å². The normalized spacial score (nSPS) is 10.6. The smallest absolute Gasteiger partial charge is 0.224 e. The van der Waals surface area contributed by atoms with Crippen LogP contribution in [0.15, 0.2) is 30.3 Å². The molecule has 1 heterocycles. The predicted octanol–water partition coefficient (Wildman–Crippen LogP) is 3.62. The Bertz CT molecular complexity index is 587. The highest BCUT2D eigenvalue weighted by atomic mass is 16.1. The van der Waals surface area contributed by atoms with Crippen molar-refractivity contribution in [3.05, 3.63) is 41.7 Å². The number of rotatable bonds is 5. The highest BCUT2D eigenvalue weighted by Crippen LogP contribution is 2.22. The van der Waals surface area contributed by atoms with E-state index in [1.54, 1.807) is 0 Å². The summed E-state index contributed by atoms with van der Waals surface area (Å²) in [7, 11) is 0. The third-order valence-electron chi connectivity index (χ3n) is 3.31. The molecule has 0 aliphatic heterocycles. The number of carbonyl (C=O) groups is 1. The van der Waals surface area contributed by atoms with Crippen molar-refractivity contribution in [2.24, 2.45) is 0 Å². The first-order valence-electron chi connectivity index (χ1n) is 7.05. The molecule has 4 heteroatoms. The summed E-state index contributed by atoms with van der Waals surface area (Å²) in [5.41, 5.74) is 3.63. The molecule has 106 valence electrons. The van der Waals surface area contributed by atoms with Crippen molar-refractivity contribution in [1.29, 1.82) is 0 Å². The van der Waals surface area contributed by atoms with Crippen LogP contribution in [0.4, 0.5) is 5.69 Å². The molecule has 1 aromatic carbocycles. The van der Waals surface area contributed by atoms with Gasteiger partial charge in [0.15, 0.2) is 0 Å². The maximum Gasteiger partial charge on any atom is 0.224 e. The number of unbranched alkanes of at least 4 members (excludes halogenated alkanes) is 1. The van der Waals surface area contributed by atoms with Crippen molar-refractivity contribution in [2.75, 3.05) is 5.32 Å². The number of hydrogen-bond donors (Lipinski definition) is 1. The molecular formula is C16H21N3O. The summed E-state index contributed by atoms with van der Waals surface area (Å²) in [6, 6.07) is 9.93. The number of carbonyl (C=O) groups excluding carboxylic acids is 1.